The van der Waals surface area contributed by atoms with E-state index >= 15 is 0 Å². The second kappa shape index (κ2) is 4.08. The molecule has 0 atom stereocenters. The van der Waals surface area contributed by atoms with Crippen molar-refractivity contribution >= 4 is 11.6 Å². The topological polar surface area (TPSA) is 9.23 Å². The molecule has 0 saturated carbocycles. The van der Waals surface area contributed by atoms with Crippen LogP contribution in [0.3, 0.4) is 0 Å². The van der Waals surface area contributed by atoms with Crippen molar-refractivity contribution in [2.75, 3.05) is 6.61 Å². The van der Waals surface area contributed by atoms with E-state index in [0.29, 0.717) is 0 Å². The summed E-state index contributed by atoms with van der Waals surface area (Å²) in [6.07, 6.45) is 1.00. The van der Waals surface area contributed by atoms with Crippen LogP contribution in [0.4, 0.5) is 0 Å². The lowest BCUT2D eigenvalue weighted by Gasteiger charge is -2.11. The van der Waals surface area contributed by atoms with Gasteiger partial charge >= 0.3 is 0 Å². The highest BCUT2D eigenvalue weighted by molar-refractivity contribution is 6.30. The van der Waals surface area contributed by atoms with Crippen molar-refractivity contribution < 1.29 is 4.74 Å². The predicted octanol–water partition coefficient (Wildman–Crippen LogP) is 4.25. The molecule has 0 unspecified atom stereocenters. The number of ether oxygens (including phenoxy) is 1. The van der Waals surface area contributed by atoms with Gasteiger partial charge in [-0.3, -0.25) is 0 Å². The number of rotatable bonds is 1. The first-order valence-electron chi connectivity index (χ1n) is 5.77. The molecule has 1 aliphatic heterocycles. The van der Waals surface area contributed by atoms with Crippen LogP contribution in [0.25, 0.3) is 11.1 Å². The Morgan fingerprint density at radius 1 is 1.12 bits per heavy atom. The zero-order chi connectivity index (χ0) is 11.8. The summed E-state index contributed by atoms with van der Waals surface area (Å²) >= 11 is 6.08. The van der Waals surface area contributed by atoms with Crippen molar-refractivity contribution in [3.63, 3.8) is 0 Å². The predicted molar refractivity (Wildman–Crippen MR) is 70.8 cm³/mol. The molecule has 1 heterocycles. The van der Waals surface area contributed by atoms with Crippen LogP contribution in [0.15, 0.2) is 36.4 Å². The van der Waals surface area contributed by atoms with Gasteiger partial charge in [-0.05, 0) is 35.7 Å². The third-order valence-corrected chi connectivity index (χ3v) is 3.44. The molecule has 0 aromatic heterocycles. The van der Waals surface area contributed by atoms with Gasteiger partial charge in [0.25, 0.3) is 0 Å². The quantitative estimate of drug-likeness (QED) is 0.729. The maximum atomic E-state index is 6.08. The Labute approximate surface area is 106 Å². The van der Waals surface area contributed by atoms with E-state index in [2.05, 4.69) is 25.1 Å². The Bertz CT molecular complexity index is 575. The number of hydrogen-bond acceptors (Lipinski definition) is 1. The summed E-state index contributed by atoms with van der Waals surface area (Å²) in [6.45, 7) is 2.88. The SMILES string of the molecule is Cc1ccc(Cl)cc1-c1cccc2c1OCC2. The summed E-state index contributed by atoms with van der Waals surface area (Å²) in [5, 5.41) is 0.765. The van der Waals surface area contributed by atoms with E-state index < -0.39 is 0 Å². The lowest BCUT2D eigenvalue weighted by molar-refractivity contribution is 0.358. The zero-order valence-electron chi connectivity index (χ0n) is 9.66. The molecule has 0 radical (unpaired) electrons. The minimum Gasteiger partial charge on any atom is -0.492 e. The van der Waals surface area contributed by atoms with Crippen LogP contribution < -0.4 is 4.74 Å². The van der Waals surface area contributed by atoms with Crippen LogP contribution in [0.2, 0.25) is 5.02 Å². The van der Waals surface area contributed by atoms with Crippen molar-refractivity contribution in [3.8, 4) is 16.9 Å². The summed E-state index contributed by atoms with van der Waals surface area (Å²) in [5.41, 5.74) is 4.83. The van der Waals surface area contributed by atoms with Gasteiger partial charge in [-0.2, -0.15) is 0 Å². The molecule has 0 saturated heterocycles. The summed E-state index contributed by atoms with van der Waals surface area (Å²) in [4.78, 5) is 0. The Balaban J connectivity index is 2.22. The van der Waals surface area contributed by atoms with Crippen LogP contribution in [0, 0.1) is 6.92 Å². The molecule has 0 amide bonds. The minimum absolute atomic E-state index is 0.765. The number of fused-ring (bicyclic) bond motifs is 1. The van der Waals surface area contributed by atoms with Crippen molar-refractivity contribution in [2.45, 2.75) is 13.3 Å². The summed E-state index contributed by atoms with van der Waals surface area (Å²) < 4.78 is 5.74. The first kappa shape index (κ1) is 10.7. The average Bonchev–Trinajstić information content (AvgIpc) is 2.80. The molecule has 0 aliphatic carbocycles. The van der Waals surface area contributed by atoms with Crippen LogP contribution >= 0.6 is 11.6 Å². The van der Waals surface area contributed by atoms with Gasteiger partial charge in [-0.25, -0.2) is 0 Å². The fraction of sp³-hybridized carbons (Fsp3) is 0.200. The summed E-state index contributed by atoms with van der Waals surface area (Å²) in [5.74, 6) is 1.03. The third-order valence-electron chi connectivity index (χ3n) is 3.20. The molecule has 0 N–H and O–H groups in total. The smallest absolute Gasteiger partial charge is 0.130 e. The van der Waals surface area contributed by atoms with E-state index in [1.54, 1.807) is 0 Å². The first-order valence-corrected chi connectivity index (χ1v) is 6.15. The zero-order valence-corrected chi connectivity index (χ0v) is 10.4. The number of hydrogen-bond donors (Lipinski definition) is 0. The van der Waals surface area contributed by atoms with Crippen LogP contribution in [0.1, 0.15) is 11.1 Å². The van der Waals surface area contributed by atoms with E-state index in [1.807, 2.05) is 18.2 Å². The number of benzene rings is 2. The molecular weight excluding hydrogens is 232 g/mol. The van der Waals surface area contributed by atoms with Gasteiger partial charge in [0, 0.05) is 17.0 Å². The fourth-order valence-corrected chi connectivity index (χ4v) is 2.48. The highest BCUT2D eigenvalue weighted by atomic mass is 35.5. The third kappa shape index (κ3) is 1.81. The van der Waals surface area contributed by atoms with Crippen molar-refractivity contribution in [3.05, 3.63) is 52.5 Å². The van der Waals surface area contributed by atoms with E-state index in [-0.39, 0.29) is 0 Å². The molecular formula is C15H13ClO. The van der Waals surface area contributed by atoms with Crippen molar-refractivity contribution in [2.24, 2.45) is 0 Å². The summed E-state index contributed by atoms with van der Waals surface area (Å²) in [6, 6.07) is 12.3. The molecule has 3 rings (SSSR count). The second-order valence-electron chi connectivity index (χ2n) is 4.35. The van der Waals surface area contributed by atoms with Crippen molar-refractivity contribution in [1.82, 2.24) is 0 Å². The first-order chi connectivity index (χ1) is 8.25. The molecule has 1 nitrogen and oxygen atoms in total. The summed E-state index contributed by atoms with van der Waals surface area (Å²) in [7, 11) is 0. The van der Waals surface area contributed by atoms with Gasteiger partial charge in [0.1, 0.15) is 5.75 Å². The molecule has 2 aromatic carbocycles. The molecule has 2 aromatic rings. The number of para-hydroxylation sites is 1. The van der Waals surface area contributed by atoms with Gasteiger partial charge in [-0.1, -0.05) is 35.9 Å². The normalized spacial score (nSPS) is 13.3. The molecule has 0 bridgehead atoms. The second-order valence-corrected chi connectivity index (χ2v) is 4.79. The van der Waals surface area contributed by atoms with Crippen LogP contribution in [-0.4, -0.2) is 6.61 Å². The minimum atomic E-state index is 0.765. The van der Waals surface area contributed by atoms with Gasteiger partial charge < -0.3 is 4.74 Å². The average molecular weight is 245 g/mol. The highest BCUT2D eigenvalue weighted by Crippen LogP contribution is 2.38. The molecule has 86 valence electrons. The molecule has 2 heteroatoms. The molecule has 17 heavy (non-hydrogen) atoms. The van der Waals surface area contributed by atoms with Crippen LogP contribution in [0.5, 0.6) is 5.75 Å². The molecule has 0 spiro atoms. The maximum absolute atomic E-state index is 6.08. The molecule has 1 aliphatic rings. The Hall–Kier alpha value is -1.47. The molecule has 0 fully saturated rings. The van der Waals surface area contributed by atoms with E-state index in [1.165, 1.54) is 11.1 Å². The van der Waals surface area contributed by atoms with Crippen LogP contribution in [-0.2, 0) is 6.42 Å². The maximum Gasteiger partial charge on any atom is 0.130 e. The fourth-order valence-electron chi connectivity index (χ4n) is 2.31. The number of halogens is 1. The van der Waals surface area contributed by atoms with Gasteiger partial charge in [0.15, 0.2) is 0 Å². The highest BCUT2D eigenvalue weighted by Gasteiger charge is 2.17. The lowest BCUT2D eigenvalue weighted by Crippen LogP contribution is -1.90. The Kier molecular flexibility index (Phi) is 2.56. The Morgan fingerprint density at radius 3 is 2.88 bits per heavy atom. The van der Waals surface area contributed by atoms with E-state index in [0.717, 1.165) is 34.9 Å². The lowest BCUT2D eigenvalue weighted by atomic mass is 9.97. The van der Waals surface area contributed by atoms with Gasteiger partial charge in [0.2, 0.25) is 0 Å². The largest absolute Gasteiger partial charge is 0.492 e. The Morgan fingerprint density at radius 2 is 2.00 bits per heavy atom. The van der Waals surface area contributed by atoms with Gasteiger partial charge in [0.05, 0.1) is 6.61 Å². The van der Waals surface area contributed by atoms with Crippen molar-refractivity contribution in [1.29, 1.82) is 0 Å². The number of aryl methyl sites for hydroxylation is 1. The van der Waals surface area contributed by atoms with E-state index in [9.17, 15) is 0 Å². The van der Waals surface area contributed by atoms with Gasteiger partial charge in [-0.15, -0.1) is 0 Å². The van der Waals surface area contributed by atoms with E-state index in [4.69, 9.17) is 16.3 Å². The monoisotopic (exact) mass is 244 g/mol. The standard InChI is InChI=1S/C15H13ClO/c1-10-5-6-12(16)9-14(10)13-4-2-3-11-7-8-17-15(11)13/h2-6,9H,7-8H2,1H3.